The van der Waals surface area contributed by atoms with E-state index in [4.69, 9.17) is 9.84 Å². The Bertz CT molecular complexity index is 729. The zero-order valence-corrected chi connectivity index (χ0v) is 13.5. The third-order valence-corrected chi connectivity index (χ3v) is 3.30. The van der Waals surface area contributed by atoms with Gasteiger partial charge in [-0.3, -0.25) is 4.79 Å². The normalized spacial score (nSPS) is 10.5. The smallest absolute Gasteiger partial charge is 0.336 e. The van der Waals surface area contributed by atoms with Crippen LogP contribution in [0.3, 0.4) is 0 Å². The first-order valence-electron chi connectivity index (χ1n) is 6.59. The van der Waals surface area contributed by atoms with E-state index in [0.717, 1.165) is 4.47 Å². The third kappa shape index (κ3) is 5.23. The summed E-state index contributed by atoms with van der Waals surface area (Å²) in [5.41, 5.74) is 2.79. The predicted octanol–water partition coefficient (Wildman–Crippen LogP) is 2.68. The minimum Gasteiger partial charge on any atom is -0.484 e. The zero-order valence-electron chi connectivity index (χ0n) is 11.9. The second-order valence-electron chi connectivity index (χ2n) is 4.43. The van der Waals surface area contributed by atoms with Gasteiger partial charge in [0.25, 0.3) is 5.91 Å². The number of hydrogen-bond acceptors (Lipinski definition) is 4. The molecule has 0 spiro atoms. The van der Waals surface area contributed by atoms with Crippen LogP contribution in [-0.4, -0.2) is 29.8 Å². The molecule has 0 heterocycles. The molecular formula is C16H13BrN2O4. The Balaban J connectivity index is 1.87. The van der Waals surface area contributed by atoms with Gasteiger partial charge in [0.1, 0.15) is 5.75 Å². The molecular weight excluding hydrogens is 364 g/mol. The minimum atomic E-state index is -1.06. The van der Waals surface area contributed by atoms with Crippen molar-refractivity contribution in [1.29, 1.82) is 0 Å². The highest BCUT2D eigenvalue weighted by molar-refractivity contribution is 9.10. The Hall–Kier alpha value is -2.67. The summed E-state index contributed by atoms with van der Waals surface area (Å²) in [5.74, 6) is -0.947. The number of halogens is 1. The van der Waals surface area contributed by atoms with Crippen molar-refractivity contribution in [2.75, 3.05) is 6.61 Å². The van der Waals surface area contributed by atoms with Crippen molar-refractivity contribution < 1.29 is 19.4 Å². The second-order valence-corrected chi connectivity index (χ2v) is 5.34. The molecule has 0 aliphatic rings. The first kappa shape index (κ1) is 16.7. The fourth-order valence-electron chi connectivity index (χ4n) is 1.69. The van der Waals surface area contributed by atoms with Gasteiger partial charge >= 0.3 is 5.97 Å². The number of amides is 1. The van der Waals surface area contributed by atoms with Crippen LogP contribution in [0.2, 0.25) is 0 Å². The summed E-state index contributed by atoms with van der Waals surface area (Å²) < 4.78 is 6.20. The maximum Gasteiger partial charge on any atom is 0.336 e. The van der Waals surface area contributed by atoms with Crippen LogP contribution in [0, 0.1) is 0 Å². The number of aromatic carboxylic acids is 1. The molecule has 1 amide bonds. The van der Waals surface area contributed by atoms with E-state index in [1.807, 2.05) is 0 Å². The second kappa shape index (κ2) is 8.09. The highest BCUT2D eigenvalue weighted by Crippen LogP contribution is 2.15. The molecule has 0 aliphatic carbocycles. The first-order valence-corrected chi connectivity index (χ1v) is 7.38. The van der Waals surface area contributed by atoms with Crippen molar-refractivity contribution >= 4 is 34.0 Å². The largest absolute Gasteiger partial charge is 0.484 e. The molecule has 0 radical (unpaired) electrons. The number of carboxylic acid groups (broad SMARTS) is 1. The van der Waals surface area contributed by atoms with Crippen LogP contribution in [0.15, 0.2) is 58.1 Å². The lowest BCUT2D eigenvalue weighted by Gasteiger charge is -2.05. The lowest BCUT2D eigenvalue weighted by atomic mass is 10.1. The summed E-state index contributed by atoms with van der Waals surface area (Å²) >= 11 is 3.30. The molecule has 0 saturated carbocycles. The van der Waals surface area contributed by atoms with Crippen molar-refractivity contribution in [3.63, 3.8) is 0 Å². The Morgan fingerprint density at radius 2 is 1.87 bits per heavy atom. The van der Waals surface area contributed by atoms with E-state index in [2.05, 4.69) is 26.5 Å². The van der Waals surface area contributed by atoms with Crippen LogP contribution in [-0.2, 0) is 4.79 Å². The van der Waals surface area contributed by atoms with E-state index >= 15 is 0 Å². The fraction of sp³-hybridized carbons (Fsp3) is 0.0625. The van der Waals surface area contributed by atoms with Crippen molar-refractivity contribution in [1.82, 2.24) is 5.43 Å². The number of benzene rings is 2. The molecule has 23 heavy (non-hydrogen) atoms. The minimum absolute atomic E-state index is 0.108. The average Bonchev–Trinajstić information content (AvgIpc) is 2.54. The van der Waals surface area contributed by atoms with Gasteiger partial charge in [0, 0.05) is 10.0 Å². The maximum absolute atomic E-state index is 11.6. The van der Waals surface area contributed by atoms with Gasteiger partial charge in [-0.1, -0.05) is 34.1 Å². The number of carboxylic acids is 1. The molecule has 0 atom stereocenters. The molecule has 6 nitrogen and oxygen atoms in total. The molecule has 0 aliphatic heterocycles. The predicted molar refractivity (Wildman–Crippen MR) is 88.8 cm³/mol. The van der Waals surface area contributed by atoms with E-state index < -0.39 is 11.9 Å². The molecule has 0 aromatic heterocycles. The number of carbonyl (C=O) groups is 2. The number of ether oxygens (including phenoxy) is 1. The van der Waals surface area contributed by atoms with Gasteiger partial charge in [0.05, 0.1) is 11.8 Å². The van der Waals surface area contributed by atoms with Crippen molar-refractivity contribution in [2.45, 2.75) is 0 Å². The summed E-state index contributed by atoms with van der Waals surface area (Å²) in [6.45, 7) is -0.195. The fourth-order valence-corrected chi connectivity index (χ4v) is 1.95. The number of nitrogens with one attached hydrogen (secondary N) is 1. The van der Waals surface area contributed by atoms with Gasteiger partial charge in [-0.05, 0) is 30.3 Å². The van der Waals surface area contributed by atoms with Gasteiger partial charge in [0.2, 0.25) is 0 Å². The number of rotatable bonds is 6. The monoisotopic (exact) mass is 376 g/mol. The van der Waals surface area contributed by atoms with E-state index in [1.54, 1.807) is 42.5 Å². The van der Waals surface area contributed by atoms with Crippen LogP contribution < -0.4 is 10.2 Å². The van der Waals surface area contributed by atoms with Gasteiger partial charge in [-0.25, -0.2) is 10.2 Å². The van der Waals surface area contributed by atoms with Gasteiger partial charge < -0.3 is 9.84 Å². The molecule has 2 aromatic carbocycles. The molecule has 0 unspecified atom stereocenters. The molecule has 2 aromatic rings. The van der Waals surface area contributed by atoms with E-state index in [-0.39, 0.29) is 12.2 Å². The van der Waals surface area contributed by atoms with Crippen LogP contribution >= 0.6 is 15.9 Å². The van der Waals surface area contributed by atoms with Crippen LogP contribution in [0.5, 0.6) is 5.75 Å². The van der Waals surface area contributed by atoms with E-state index in [1.165, 1.54) is 12.3 Å². The zero-order chi connectivity index (χ0) is 16.7. The number of nitrogens with zero attached hydrogens (tertiary/aromatic N) is 1. The van der Waals surface area contributed by atoms with Crippen LogP contribution in [0.25, 0.3) is 0 Å². The van der Waals surface area contributed by atoms with E-state index in [0.29, 0.717) is 11.3 Å². The standard InChI is InChI=1S/C16H13BrN2O4/c17-12-5-7-13(8-6-12)23-10-15(20)19-18-9-11-3-1-2-4-14(11)16(21)22/h1-9H,10H2,(H,19,20)(H,21,22)/b18-9+. The van der Waals surface area contributed by atoms with Crippen molar-refractivity contribution in [3.05, 3.63) is 64.1 Å². The molecule has 7 heteroatoms. The number of carbonyl (C=O) groups excluding carboxylic acids is 1. The lowest BCUT2D eigenvalue weighted by Crippen LogP contribution is -2.24. The number of hydrazone groups is 1. The highest BCUT2D eigenvalue weighted by atomic mass is 79.9. The Kier molecular flexibility index (Phi) is 5.87. The van der Waals surface area contributed by atoms with Gasteiger partial charge in [-0.2, -0.15) is 5.10 Å². The summed E-state index contributed by atoms with van der Waals surface area (Å²) in [6.07, 6.45) is 1.28. The van der Waals surface area contributed by atoms with Crippen molar-refractivity contribution in [2.24, 2.45) is 5.10 Å². The summed E-state index contributed by atoms with van der Waals surface area (Å²) in [4.78, 5) is 22.6. The van der Waals surface area contributed by atoms with Crippen LogP contribution in [0.4, 0.5) is 0 Å². The molecule has 0 bridgehead atoms. The number of hydrogen-bond donors (Lipinski definition) is 2. The topological polar surface area (TPSA) is 88.0 Å². The van der Waals surface area contributed by atoms with E-state index in [9.17, 15) is 9.59 Å². The summed E-state index contributed by atoms with van der Waals surface area (Å²) in [5, 5.41) is 12.8. The Labute approximate surface area is 140 Å². The Morgan fingerprint density at radius 3 is 2.57 bits per heavy atom. The quantitative estimate of drug-likeness (QED) is 0.599. The maximum atomic E-state index is 11.6. The lowest BCUT2D eigenvalue weighted by molar-refractivity contribution is -0.123. The van der Waals surface area contributed by atoms with Crippen LogP contribution in [0.1, 0.15) is 15.9 Å². The molecule has 0 fully saturated rings. The van der Waals surface area contributed by atoms with Crippen molar-refractivity contribution in [3.8, 4) is 5.75 Å². The van der Waals surface area contributed by atoms with Gasteiger partial charge in [0.15, 0.2) is 6.61 Å². The Morgan fingerprint density at radius 1 is 1.17 bits per heavy atom. The molecule has 2 rings (SSSR count). The molecule has 0 saturated heterocycles. The van der Waals surface area contributed by atoms with Gasteiger partial charge in [-0.15, -0.1) is 0 Å². The summed E-state index contributed by atoms with van der Waals surface area (Å²) in [6, 6.07) is 13.4. The SMILES string of the molecule is O=C(COc1ccc(Br)cc1)N/N=C/c1ccccc1C(=O)O. The first-order chi connectivity index (χ1) is 11.1. The average molecular weight is 377 g/mol. The molecule has 118 valence electrons. The highest BCUT2D eigenvalue weighted by Gasteiger charge is 2.07. The summed E-state index contributed by atoms with van der Waals surface area (Å²) in [7, 11) is 0. The third-order valence-electron chi connectivity index (χ3n) is 2.77. The molecule has 2 N–H and O–H groups in total.